The van der Waals surface area contributed by atoms with Crippen molar-refractivity contribution in [1.29, 1.82) is 0 Å². The third-order valence-electron chi connectivity index (χ3n) is 5.01. The van der Waals surface area contributed by atoms with Crippen molar-refractivity contribution in [3.63, 3.8) is 0 Å². The van der Waals surface area contributed by atoms with Gasteiger partial charge in [-0.15, -0.1) is 0 Å². The number of nitrogens with two attached hydrogens (primary N) is 1. The Bertz CT molecular complexity index is 991. The first-order chi connectivity index (χ1) is 13.5. The molecule has 1 saturated heterocycles. The van der Waals surface area contributed by atoms with Crippen LogP contribution in [-0.2, 0) is 6.42 Å². The molecule has 3 aromatic heterocycles. The highest BCUT2D eigenvalue weighted by Gasteiger charge is 2.21. The summed E-state index contributed by atoms with van der Waals surface area (Å²) in [7, 11) is 0. The molecule has 0 aliphatic carbocycles. The van der Waals surface area contributed by atoms with Gasteiger partial charge in [0.2, 0.25) is 5.95 Å². The summed E-state index contributed by atoms with van der Waals surface area (Å²) in [6.07, 6.45) is 6.06. The van der Waals surface area contributed by atoms with Gasteiger partial charge in [-0.25, -0.2) is 19.7 Å². The zero-order chi connectivity index (χ0) is 19.7. The Morgan fingerprint density at radius 1 is 1.14 bits per heavy atom. The smallest absolute Gasteiger partial charge is 0.314 e. The van der Waals surface area contributed by atoms with Gasteiger partial charge in [-0.2, -0.15) is 0 Å². The summed E-state index contributed by atoms with van der Waals surface area (Å²) in [5.74, 6) is 0.676. The Balaban J connectivity index is 1.52. The first-order valence-electron chi connectivity index (χ1n) is 9.44. The Kier molecular flexibility index (Phi) is 4.81. The summed E-state index contributed by atoms with van der Waals surface area (Å²) in [6, 6.07) is 3.95. The fourth-order valence-corrected chi connectivity index (χ4v) is 3.43. The second-order valence-electron chi connectivity index (χ2n) is 7.25. The minimum absolute atomic E-state index is 0.338. The SMILES string of the molecule is CC(C)n1cnc2cnc(Cc3ccnc(N4CCN(C(N)=O)CC4)n3)cc21. The number of urea groups is 1. The molecule has 1 aliphatic heterocycles. The van der Waals surface area contributed by atoms with Crippen LogP contribution < -0.4 is 10.6 Å². The minimum atomic E-state index is -0.378. The topological polar surface area (TPSA) is 106 Å². The third kappa shape index (κ3) is 3.60. The normalized spacial score (nSPS) is 14.8. The van der Waals surface area contributed by atoms with Crippen LogP contribution in [0.2, 0.25) is 0 Å². The largest absolute Gasteiger partial charge is 0.351 e. The fourth-order valence-electron chi connectivity index (χ4n) is 3.43. The van der Waals surface area contributed by atoms with E-state index in [0.717, 1.165) is 22.4 Å². The van der Waals surface area contributed by atoms with Crippen molar-refractivity contribution in [2.45, 2.75) is 26.3 Å². The summed E-state index contributed by atoms with van der Waals surface area (Å²) >= 11 is 0. The van der Waals surface area contributed by atoms with E-state index in [-0.39, 0.29) is 6.03 Å². The number of piperazine rings is 1. The van der Waals surface area contributed by atoms with Gasteiger partial charge in [0.15, 0.2) is 0 Å². The Labute approximate surface area is 163 Å². The lowest BCUT2D eigenvalue weighted by atomic mass is 10.2. The van der Waals surface area contributed by atoms with Crippen molar-refractivity contribution in [3.8, 4) is 0 Å². The van der Waals surface area contributed by atoms with Gasteiger partial charge in [0.05, 0.1) is 23.7 Å². The summed E-state index contributed by atoms with van der Waals surface area (Å²) in [4.78, 5) is 33.0. The van der Waals surface area contributed by atoms with Gasteiger partial charge in [0.25, 0.3) is 0 Å². The van der Waals surface area contributed by atoms with Crippen molar-refractivity contribution < 1.29 is 4.79 Å². The van der Waals surface area contributed by atoms with Crippen LogP contribution in [0.25, 0.3) is 11.0 Å². The number of nitrogens with zero attached hydrogens (tertiary/aromatic N) is 7. The maximum Gasteiger partial charge on any atom is 0.314 e. The molecule has 0 atom stereocenters. The predicted octanol–water partition coefficient (Wildman–Crippen LogP) is 1.59. The molecule has 28 heavy (non-hydrogen) atoms. The quantitative estimate of drug-likeness (QED) is 0.737. The molecule has 1 fully saturated rings. The monoisotopic (exact) mass is 380 g/mol. The molecule has 0 spiro atoms. The van der Waals surface area contributed by atoms with Crippen LogP contribution >= 0.6 is 0 Å². The lowest BCUT2D eigenvalue weighted by Crippen LogP contribution is -2.51. The maximum absolute atomic E-state index is 11.3. The molecule has 0 unspecified atom stereocenters. The molecule has 3 aromatic rings. The van der Waals surface area contributed by atoms with Crippen molar-refractivity contribution in [2.75, 3.05) is 31.1 Å². The molecule has 9 heteroatoms. The number of pyridine rings is 1. The zero-order valence-electron chi connectivity index (χ0n) is 16.1. The molecule has 1 aliphatic rings. The number of hydrogen-bond acceptors (Lipinski definition) is 6. The van der Waals surface area contributed by atoms with Crippen LogP contribution in [0.5, 0.6) is 0 Å². The third-order valence-corrected chi connectivity index (χ3v) is 5.01. The summed E-state index contributed by atoms with van der Waals surface area (Å²) in [5.41, 5.74) is 9.17. The standard InChI is InChI=1S/C19H24N8O/c1-13(2)27-12-23-16-11-22-15(10-17(16)27)9-14-3-4-21-19(24-14)26-7-5-25(6-8-26)18(20)28/h3-4,10-13H,5-9H2,1-2H3,(H2,20,28). The van der Waals surface area contributed by atoms with Crippen molar-refractivity contribution in [2.24, 2.45) is 5.73 Å². The number of amides is 2. The van der Waals surface area contributed by atoms with Crippen LogP contribution in [0.1, 0.15) is 31.3 Å². The molecule has 0 saturated carbocycles. The van der Waals surface area contributed by atoms with Gasteiger partial charge in [0, 0.05) is 50.5 Å². The summed E-state index contributed by atoms with van der Waals surface area (Å²) in [5, 5.41) is 0. The van der Waals surface area contributed by atoms with Gasteiger partial charge in [-0.05, 0) is 26.0 Å². The molecule has 0 radical (unpaired) electrons. The fraction of sp³-hybridized carbons (Fsp3) is 0.421. The van der Waals surface area contributed by atoms with Crippen LogP contribution in [0.15, 0.2) is 30.9 Å². The van der Waals surface area contributed by atoms with Crippen molar-refractivity contribution in [1.82, 2.24) is 29.4 Å². The highest BCUT2D eigenvalue weighted by Crippen LogP contribution is 2.19. The van der Waals surface area contributed by atoms with Gasteiger partial charge in [-0.3, -0.25) is 4.98 Å². The van der Waals surface area contributed by atoms with E-state index in [1.165, 1.54) is 0 Å². The summed E-state index contributed by atoms with van der Waals surface area (Å²) in [6.45, 7) is 6.78. The highest BCUT2D eigenvalue weighted by molar-refractivity contribution is 5.74. The molecule has 2 amide bonds. The van der Waals surface area contributed by atoms with Crippen LogP contribution in [0.4, 0.5) is 10.7 Å². The Morgan fingerprint density at radius 3 is 2.64 bits per heavy atom. The van der Waals surface area contributed by atoms with Crippen molar-refractivity contribution >= 4 is 23.0 Å². The average molecular weight is 380 g/mol. The number of anilines is 1. The number of aromatic nitrogens is 5. The lowest BCUT2D eigenvalue weighted by Gasteiger charge is -2.33. The van der Waals surface area contributed by atoms with Crippen LogP contribution in [-0.4, -0.2) is 61.6 Å². The molecular formula is C19H24N8O. The number of imidazole rings is 1. The second-order valence-corrected chi connectivity index (χ2v) is 7.25. The van der Waals surface area contributed by atoms with Gasteiger partial charge < -0.3 is 20.1 Å². The predicted molar refractivity (Wildman–Crippen MR) is 106 cm³/mol. The first-order valence-corrected chi connectivity index (χ1v) is 9.44. The Morgan fingerprint density at radius 2 is 1.93 bits per heavy atom. The molecule has 4 rings (SSSR count). The van der Waals surface area contributed by atoms with Gasteiger partial charge in [0.1, 0.15) is 5.52 Å². The van der Waals surface area contributed by atoms with Crippen LogP contribution in [0, 0.1) is 0 Å². The molecular weight excluding hydrogens is 356 g/mol. The maximum atomic E-state index is 11.3. The minimum Gasteiger partial charge on any atom is -0.351 e. The molecule has 9 nitrogen and oxygen atoms in total. The average Bonchev–Trinajstić information content (AvgIpc) is 3.12. The lowest BCUT2D eigenvalue weighted by molar-refractivity contribution is 0.204. The number of carbonyl (C=O) groups is 1. The zero-order valence-corrected chi connectivity index (χ0v) is 16.1. The van der Waals surface area contributed by atoms with E-state index >= 15 is 0 Å². The van der Waals surface area contributed by atoms with Gasteiger partial charge in [-0.1, -0.05) is 0 Å². The van der Waals surface area contributed by atoms with E-state index in [4.69, 9.17) is 10.7 Å². The van der Waals surface area contributed by atoms with Gasteiger partial charge >= 0.3 is 6.03 Å². The van der Waals surface area contributed by atoms with E-state index in [2.05, 4.69) is 44.3 Å². The van der Waals surface area contributed by atoms with E-state index in [9.17, 15) is 4.79 Å². The van der Waals surface area contributed by atoms with Crippen molar-refractivity contribution in [3.05, 3.63) is 42.2 Å². The molecule has 2 N–H and O–H groups in total. The second kappa shape index (κ2) is 7.41. The van der Waals surface area contributed by atoms with E-state index < -0.39 is 0 Å². The molecule has 0 aromatic carbocycles. The number of carbonyl (C=O) groups excluding carboxylic acids is 1. The number of fused-ring (bicyclic) bond motifs is 1. The van der Waals surface area contributed by atoms with E-state index in [1.807, 2.05) is 18.6 Å². The highest BCUT2D eigenvalue weighted by atomic mass is 16.2. The molecule has 146 valence electrons. The number of rotatable bonds is 4. The van der Waals surface area contributed by atoms with Crippen LogP contribution in [0.3, 0.4) is 0 Å². The summed E-state index contributed by atoms with van der Waals surface area (Å²) < 4.78 is 2.14. The van der Waals surface area contributed by atoms with E-state index in [0.29, 0.717) is 44.6 Å². The Hall–Kier alpha value is -3.23. The number of primary amides is 1. The number of hydrogen-bond donors (Lipinski definition) is 1. The van der Waals surface area contributed by atoms with E-state index in [1.54, 1.807) is 11.1 Å². The molecule has 4 heterocycles. The molecule has 0 bridgehead atoms. The first kappa shape index (κ1) is 18.1.